The Morgan fingerprint density at radius 2 is 1.82 bits per heavy atom. The fourth-order valence-corrected chi connectivity index (χ4v) is 3.90. The third kappa shape index (κ3) is 4.82. The molecule has 0 fully saturated rings. The Balaban J connectivity index is 1.92. The molecule has 34 heavy (non-hydrogen) atoms. The van der Waals surface area contributed by atoms with Gasteiger partial charge >= 0.3 is 0 Å². The normalized spacial score (nSPS) is 10.9. The van der Waals surface area contributed by atoms with Crippen molar-refractivity contribution in [3.63, 3.8) is 0 Å². The number of aromatic nitrogens is 2. The molecule has 2 aromatic carbocycles. The minimum absolute atomic E-state index is 0.235. The maximum Gasteiger partial charge on any atom is 0.255 e. The smallest absolute Gasteiger partial charge is 0.255 e. The molecule has 0 saturated heterocycles. The molecule has 8 heteroatoms. The van der Waals surface area contributed by atoms with Gasteiger partial charge < -0.3 is 25.8 Å². The topological polar surface area (TPSA) is 103 Å². The standard InChI is InChI=1S/C26H29N5O3/c1-17-8-6-9-18(2)24(17)30-26-25(29-22-12-4-5-14-31(22)26)23-19(28-13-15-33-3)10-7-11-20(23)34-16-21(27)32/h4-12,14,28,30H,13,15-16H2,1-3H3,(H2,27,32). The zero-order chi connectivity index (χ0) is 24.1. The molecule has 0 unspecified atom stereocenters. The molecule has 0 aliphatic rings. The minimum atomic E-state index is -0.549. The number of nitrogens with two attached hydrogens (primary N) is 1. The van der Waals surface area contributed by atoms with Gasteiger partial charge in [-0.05, 0) is 49.2 Å². The van der Waals surface area contributed by atoms with E-state index in [-0.39, 0.29) is 6.61 Å². The van der Waals surface area contributed by atoms with E-state index in [0.29, 0.717) is 24.6 Å². The molecule has 0 spiro atoms. The quantitative estimate of drug-likeness (QED) is 0.306. The summed E-state index contributed by atoms with van der Waals surface area (Å²) in [6.07, 6.45) is 1.96. The Hall–Kier alpha value is -4.04. The molecule has 8 nitrogen and oxygen atoms in total. The van der Waals surface area contributed by atoms with Gasteiger partial charge in [-0.15, -0.1) is 0 Å². The molecule has 0 radical (unpaired) electrons. The molecule has 0 aliphatic carbocycles. The number of para-hydroxylation sites is 1. The summed E-state index contributed by atoms with van der Waals surface area (Å²) >= 11 is 0. The van der Waals surface area contributed by atoms with E-state index in [1.807, 2.05) is 53.1 Å². The van der Waals surface area contributed by atoms with Crippen LogP contribution < -0.4 is 21.1 Å². The summed E-state index contributed by atoms with van der Waals surface area (Å²) in [5, 5.41) is 7.02. The highest BCUT2D eigenvalue weighted by Gasteiger charge is 2.22. The number of carbonyl (C=O) groups excluding carboxylic acids is 1. The molecule has 0 saturated carbocycles. The van der Waals surface area contributed by atoms with Gasteiger partial charge in [0.05, 0.1) is 12.2 Å². The Morgan fingerprint density at radius 1 is 1.06 bits per heavy atom. The molecule has 2 heterocycles. The second-order valence-corrected chi connectivity index (χ2v) is 7.98. The first-order chi connectivity index (χ1) is 16.5. The molecule has 0 bridgehead atoms. The van der Waals surface area contributed by atoms with E-state index < -0.39 is 5.91 Å². The van der Waals surface area contributed by atoms with Crippen LogP contribution in [0.4, 0.5) is 17.2 Å². The predicted octanol–water partition coefficient (Wildman–Crippen LogP) is 4.28. The molecule has 176 valence electrons. The highest BCUT2D eigenvalue weighted by molar-refractivity contribution is 5.91. The molecule has 4 aromatic rings. The van der Waals surface area contributed by atoms with Crippen molar-refractivity contribution >= 4 is 28.7 Å². The van der Waals surface area contributed by atoms with E-state index in [1.165, 1.54) is 0 Å². The van der Waals surface area contributed by atoms with E-state index in [4.69, 9.17) is 20.2 Å². The van der Waals surface area contributed by atoms with Gasteiger partial charge in [-0.2, -0.15) is 0 Å². The highest BCUT2D eigenvalue weighted by atomic mass is 16.5. The van der Waals surface area contributed by atoms with Crippen LogP contribution in [0.2, 0.25) is 0 Å². The van der Waals surface area contributed by atoms with Gasteiger partial charge in [0.25, 0.3) is 5.91 Å². The molecular weight excluding hydrogens is 430 g/mol. The number of imidazole rings is 1. The van der Waals surface area contributed by atoms with Crippen molar-refractivity contribution in [2.75, 3.05) is 37.5 Å². The number of anilines is 3. The second kappa shape index (κ2) is 10.3. The number of nitrogens with one attached hydrogen (secondary N) is 2. The van der Waals surface area contributed by atoms with E-state index >= 15 is 0 Å². The SMILES string of the molecule is COCCNc1cccc(OCC(N)=O)c1-c1nc2ccccn2c1Nc1c(C)cccc1C. The first-order valence-electron chi connectivity index (χ1n) is 11.1. The number of amides is 1. The Morgan fingerprint density at radius 3 is 2.56 bits per heavy atom. The lowest BCUT2D eigenvalue weighted by molar-refractivity contribution is -0.119. The van der Waals surface area contributed by atoms with Crippen LogP contribution in [-0.4, -0.2) is 42.2 Å². The van der Waals surface area contributed by atoms with Crippen LogP contribution in [0.1, 0.15) is 11.1 Å². The average molecular weight is 460 g/mol. The average Bonchev–Trinajstić information content (AvgIpc) is 3.18. The van der Waals surface area contributed by atoms with Gasteiger partial charge in [-0.25, -0.2) is 4.98 Å². The summed E-state index contributed by atoms with van der Waals surface area (Å²) in [7, 11) is 1.66. The van der Waals surface area contributed by atoms with Gasteiger partial charge in [0, 0.05) is 31.2 Å². The van der Waals surface area contributed by atoms with Crippen molar-refractivity contribution in [3.8, 4) is 17.0 Å². The molecule has 4 N–H and O–H groups in total. The maximum absolute atomic E-state index is 11.5. The molecule has 2 aromatic heterocycles. The molecule has 0 atom stereocenters. The van der Waals surface area contributed by atoms with Crippen LogP contribution in [0, 0.1) is 13.8 Å². The van der Waals surface area contributed by atoms with Crippen LogP contribution in [0.3, 0.4) is 0 Å². The van der Waals surface area contributed by atoms with E-state index in [9.17, 15) is 4.79 Å². The minimum Gasteiger partial charge on any atom is -0.483 e. The van der Waals surface area contributed by atoms with Crippen LogP contribution in [0.15, 0.2) is 60.8 Å². The number of ether oxygens (including phenoxy) is 2. The zero-order valence-electron chi connectivity index (χ0n) is 19.6. The van der Waals surface area contributed by atoms with Crippen LogP contribution in [-0.2, 0) is 9.53 Å². The van der Waals surface area contributed by atoms with Gasteiger partial charge in [0.2, 0.25) is 0 Å². The van der Waals surface area contributed by atoms with Crippen molar-refractivity contribution in [1.82, 2.24) is 9.38 Å². The Bertz CT molecular complexity index is 1300. The number of hydrogen-bond donors (Lipinski definition) is 3. The summed E-state index contributed by atoms with van der Waals surface area (Å²) in [5.41, 5.74) is 11.6. The summed E-state index contributed by atoms with van der Waals surface area (Å²) in [6, 6.07) is 17.7. The van der Waals surface area contributed by atoms with Crippen LogP contribution in [0.25, 0.3) is 16.9 Å². The third-order valence-electron chi connectivity index (χ3n) is 5.51. The summed E-state index contributed by atoms with van der Waals surface area (Å²) in [4.78, 5) is 16.4. The number of pyridine rings is 1. The number of rotatable bonds is 10. The first kappa shape index (κ1) is 23.1. The molecule has 1 amide bonds. The lowest BCUT2D eigenvalue weighted by atomic mass is 10.1. The number of carbonyl (C=O) groups is 1. The number of fused-ring (bicyclic) bond motifs is 1. The van der Waals surface area contributed by atoms with Gasteiger partial charge in [0.15, 0.2) is 6.61 Å². The Labute approximate surface area is 198 Å². The predicted molar refractivity (Wildman–Crippen MR) is 135 cm³/mol. The van der Waals surface area contributed by atoms with Crippen molar-refractivity contribution in [2.24, 2.45) is 5.73 Å². The van der Waals surface area contributed by atoms with Crippen LogP contribution >= 0.6 is 0 Å². The van der Waals surface area contributed by atoms with Crippen molar-refractivity contribution in [2.45, 2.75) is 13.8 Å². The van der Waals surface area contributed by atoms with E-state index in [0.717, 1.165) is 39.5 Å². The number of nitrogens with zero attached hydrogens (tertiary/aromatic N) is 2. The molecule has 4 rings (SSSR count). The molecule has 0 aliphatic heterocycles. The number of aryl methyl sites for hydroxylation is 2. The van der Waals surface area contributed by atoms with Crippen molar-refractivity contribution in [3.05, 3.63) is 71.9 Å². The Kier molecular flexibility index (Phi) is 6.98. The highest BCUT2D eigenvalue weighted by Crippen LogP contribution is 2.42. The second-order valence-electron chi connectivity index (χ2n) is 7.98. The number of hydrogen-bond acceptors (Lipinski definition) is 6. The van der Waals surface area contributed by atoms with E-state index in [2.05, 4.69) is 36.6 Å². The van der Waals surface area contributed by atoms with Crippen LogP contribution in [0.5, 0.6) is 5.75 Å². The first-order valence-corrected chi connectivity index (χ1v) is 11.1. The number of primary amides is 1. The largest absolute Gasteiger partial charge is 0.483 e. The summed E-state index contributed by atoms with van der Waals surface area (Å²) < 4.78 is 13.0. The monoisotopic (exact) mass is 459 g/mol. The lowest BCUT2D eigenvalue weighted by Crippen LogP contribution is -2.20. The van der Waals surface area contributed by atoms with Gasteiger partial charge in [-0.3, -0.25) is 9.20 Å². The lowest BCUT2D eigenvalue weighted by Gasteiger charge is -2.18. The number of benzene rings is 2. The molecular formula is C26H29N5O3. The van der Waals surface area contributed by atoms with E-state index in [1.54, 1.807) is 7.11 Å². The maximum atomic E-state index is 11.5. The number of methoxy groups -OCH3 is 1. The summed E-state index contributed by atoms with van der Waals surface area (Å²) in [6.45, 7) is 5.03. The van der Waals surface area contributed by atoms with Gasteiger partial charge in [-0.1, -0.05) is 30.3 Å². The summed E-state index contributed by atoms with van der Waals surface area (Å²) in [5.74, 6) is 0.750. The van der Waals surface area contributed by atoms with Gasteiger partial charge in [0.1, 0.15) is 22.9 Å². The van der Waals surface area contributed by atoms with Crippen molar-refractivity contribution in [1.29, 1.82) is 0 Å². The fraction of sp³-hybridized carbons (Fsp3) is 0.231. The van der Waals surface area contributed by atoms with Crippen molar-refractivity contribution < 1.29 is 14.3 Å². The zero-order valence-corrected chi connectivity index (χ0v) is 19.6. The fourth-order valence-electron chi connectivity index (χ4n) is 3.90. The third-order valence-corrected chi connectivity index (χ3v) is 5.51.